The fourth-order valence-electron chi connectivity index (χ4n) is 1.91. The number of nitro groups is 1. The number of amides is 1. The summed E-state index contributed by atoms with van der Waals surface area (Å²) in [5, 5.41) is 10.9. The van der Waals surface area contributed by atoms with Crippen LogP contribution in [-0.4, -0.2) is 36.2 Å². The minimum Gasteiger partial charge on any atom is -0.465 e. The molecule has 1 aromatic rings. The molecule has 0 aromatic heterocycles. The maximum absolute atomic E-state index is 11.6. The summed E-state index contributed by atoms with van der Waals surface area (Å²) < 4.78 is 4.50. The summed E-state index contributed by atoms with van der Waals surface area (Å²) in [6.45, 7) is -0.152. The van der Waals surface area contributed by atoms with Crippen LogP contribution < -0.4 is 4.90 Å². The summed E-state index contributed by atoms with van der Waals surface area (Å²) >= 11 is 0. The monoisotopic (exact) mass is 278 g/mol. The molecule has 1 fully saturated rings. The van der Waals surface area contributed by atoms with Crippen molar-refractivity contribution in [2.75, 3.05) is 18.6 Å². The Labute approximate surface area is 113 Å². The van der Waals surface area contributed by atoms with Gasteiger partial charge in [-0.2, -0.15) is 0 Å². The molecule has 0 radical (unpaired) electrons. The number of carbonyl (C=O) groups is 3. The van der Waals surface area contributed by atoms with Gasteiger partial charge in [0.25, 0.3) is 5.69 Å². The number of carbonyl (C=O) groups excluding carboxylic acids is 3. The van der Waals surface area contributed by atoms with Crippen molar-refractivity contribution in [2.24, 2.45) is 0 Å². The molecule has 2 rings (SSSR count). The van der Waals surface area contributed by atoms with Crippen LogP contribution >= 0.6 is 0 Å². The molecule has 0 atom stereocenters. The molecule has 0 unspecified atom stereocenters. The van der Waals surface area contributed by atoms with E-state index in [2.05, 4.69) is 4.74 Å². The Hall–Kier alpha value is -2.77. The van der Waals surface area contributed by atoms with Crippen molar-refractivity contribution in [2.45, 2.75) is 6.42 Å². The SMILES string of the molecule is COC(=O)c1cc(N2CC(=O)CC2=O)cc([N+](=O)[O-])c1. The topological polar surface area (TPSA) is 107 Å². The van der Waals surface area contributed by atoms with Crippen LogP contribution in [0.25, 0.3) is 0 Å². The van der Waals surface area contributed by atoms with Gasteiger partial charge in [-0.25, -0.2) is 4.79 Å². The number of nitrogens with zero attached hydrogens (tertiary/aromatic N) is 2. The summed E-state index contributed by atoms with van der Waals surface area (Å²) in [6.07, 6.45) is -0.240. The minimum absolute atomic E-state index is 0.0520. The number of benzene rings is 1. The lowest BCUT2D eigenvalue weighted by atomic mass is 10.1. The second-order valence-corrected chi connectivity index (χ2v) is 4.18. The molecular weight excluding hydrogens is 268 g/mol. The van der Waals surface area contributed by atoms with Crippen molar-refractivity contribution < 1.29 is 24.0 Å². The fraction of sp³-hybridized carbons (Fsp3) is 0.250. The fourth-order valence-corrected chi connectivity index (χ4v) is 1.91. The van der Waals surface area contributed by atoms with E-state index in [1.165, 1.54) is 6.07 Å². The van der Waals surface area contributed by atoms with Crippen LogP contribution in [0.3, 0.4) is 0 Å². The molecule has 0 spiro atoms. The Kier molecular flexibility index (Phi) is 3.47. The van der Waals surface area contributed by atoms with Crippen LogP contribution in [0.15, 0.2) is 18.2 Å². The van der Waals surface area contributed by atoms with Crippen LogP contribution in [-0.2, 0) is 14.3 Å². The average Bonchev–Trinajstić information content (AvgIpc) is 2.76. The first-order valence-corrected chi connectivity index (χ1v) is 5.62. The lowest BCUT2D eigenvalue weighted by Gasteiger charge is -2.15. The highest BCUT2D eigenvalue weighted by atomic mass is 16.6. The number of hydrogen-bond donors (Lipinski definition) is 0. The first-order chi connectivity index (χ1) is 9.42. The van der Waals surface area contributed by atoms with E-state index in [9.17, 15) is 24.5 Å². The molecule has 104 valence electrons. The first kappa shape index (κ1) is 13.7. The molecule has 20 heavy (non-hydrogen) atoms. The van der Waals surface area contributed by atoms with Gasteiger partial charge in [0.2, 0.25) is 5.91 Å². The number of rotatable bonds is 3. The zero-order valence-electron chi connectivity index (χ0n) is 10.5. The number of Topliss-reactive ketones (excluding diaryl/α,β-unsaturated/α-hetero) is 1. The highest BCUT2D eigenvalue weighted by Crippen LogP contribution is 2.27. The Morgan fingerprint density at radius 1 is 1.35 bits per heavy atom. The molecule has 1 amide bonds. The van der Waals surface area contributed by atoms with Gasteiger partial charge in [-0.15, -0.1) is 0 Å². The maximum atomic E-state index is 11.6. The van der Waals surface area contributed by atoms with Gasteiger partial charge in [0, 0.05) is 12.1 Å². The number of methoxy groups -OCH3 is 1. The van der Waals surface area contributed by atoms with Gasteiger partial charge in [0.1, 0.15) is 0 Å². The summed E-state index contributed by atoms with van der Waals surface area (Å²) in [5.74, 6) is -1.49. The van der Waals surface area contributed by atoms with Crippen LogP contribution in [0.1, 0.15) is 16.8 Å². The standard InChI is InChI=1S/C12H10N2O6/c1-20-12(17)7-2-8(4-9(3-7)14(18)19)13-6-10(15)5-11(13)16/h2-4H,5-6H2,1H3. The summed E-state index contributed by atoms with van der Waals surface area (Å²) in [6, 6.07) is 3.48. The molecule has 8 heteroatoms. The quantitative estimate of drug-likeness (QED) is 0.348. The van der Waals surface area contributed by atoms with Gasteiger partial charge in [0.15, 0.2) is 5.78 Å². The van der Waals surface area contributed by atoms with Gasteiger partial charge in [-0.05, 0) is 6.07 Å². The Bertz CT molecular complexity index is 624. The third kappa shape index (κ3) is 2.48. The third-order valence-electron chi connectivity index (χ3n) is 2.83. The van der Waals surface area contributed by atoms with Crippen molar-refractivity contribution in [1.29, 1.82) is 0 Å². The van der Waals surface area contributed by atoms with Crippen molar-refractivity contribution >= 4 is 29.0 Å². The first-order valence-electron chi connectivity index (χ1n) is 5.62. The zero-order valence-corrected chi connectivity index (χ0v) is 10.5. The van der Waals surface area contributed by atoms with Gasteiger partial charge in [-0.3, -0.25) is 19.7 Å². The Balaban J connectivity index is 2.49. The summed E-state index contributed by atoms with van der Waals surface area (Å²) in [4.78, 5) is 45.7. The predicted molar refractivity (Wildman–Crippen MR) is 66.4 cm³/mol. The Morgan fingerprint density at radius 3 is 2.55 bits per heavy atom. The van der Waals surface area contributed by atoms with Gasteiger partial charge in [0.05, 0.1) is 36.2 Å². The number of ketones is 1. The normalized spacial score (nSPS) is 14.6. The number of non-ortho nitro benzene ring substituents is 1. The van der Waals surface area contributed by atoms with Crippen molar-refractivity contribution in [3.05, 3.63) is 33.9 Å². The van der Waals surface area contributed by atoms with E-state index in [4.69, 9.17) is 0 Å². The zero-order chi connectivity index (χ0) is 14.9. The molecule has 1 saturated heterocycles. The average molecular weight is 278 g/mol. The molecule has 8 nitrogen and oxygen atoms in total. The smallest absolute Gasteiger partial charge is 0.338 e. The van der Waals surface area contributed by atoms with Crippen molar-refractivity contribution in [3.63, 3.8) is 0 Å². The van der Waals surface area contributed by atoms with Crippen LogP contribution in [0.5, 0.6) is 0 Å². The van der Waals surface area contributed by atoms with E-state index in [0.717, 1.165) is 24.1 Å². The van der Waals surface area contributed by atoms with Gasteiger partial charge < -0.3 is 9.64 Å². The van der Waals surface area contributed by atoms with Gasteiger partial charge in [-0.1, -0.05) is 0 Å². The molecule has 0 saturated carbocycles. The van der Waals surface area contributed by atoms with Crippen LogP contribution in [0.2, 0.25) is 0 Å². The number of esters is 1. The van der Waals surface area contributed by atoms with Crippen LogP contribution in [0.4, 0.5) is 11.4 Å². The van der Waals surface area contributed by atoms with E-state index in [0.29, 0.717) is 0 Å². The highest BCUT2D eigenvalue weighted by Gasteiger charge is 2.30. The molecule has 1 aliphatic heterocycles. The number of ether oxygens (including phenoxy) is 1. The Morgan fingerprint density at radius 2 is 2.05 bits per heavy atom. The third-order valence-corrected chi connectivity index (χ3v) is 2.83. The van der Waals surface area contributed by atoms with Crippen LogP contribution in [0, 0.1) is 10.1 Å². The van der Waals surface area contributed by atoms with Crippen molar-refractivity contribution in [3.8, 4) is 0 Å². The molecule has 1 heterocycles. The maximum Gasteiger partial charge on any atom is 0.338 e. The van der Waals surface area contributed by atoms with Crippen molar-refractivity contribution in [1.82, 2.24) is 0 Å². The number of hydrogen-bond acceptors (Lipinski definition) is 6. The second kappa shape index (κ2) is 5.08. The van der Waals surface area contributed by atoms with E-state index < -0.39 is 16.8 Å². The molecule has 0 bridgehead atoms. The molecule has 1 aliphatic rings. The molecule has 0 N–H and O–H groups in total. The minimum atomic E-state index is -0.757. The highest BCUT2D eigenvalue weighted by molar-refractivity contribution is 6.15. The molecular formula is C12H10N2O6. The van der Waals surface area contributed by atoms with Gasteiger partial charge >= 0.3 is 5.97 Å². The predicted octanol–water partition coefficient (Wildman–Crippen LogP) is 0.687. The summed E-state index contributed by atoms with van der Waals surface area (Å²) in [7, 11) is 1.14. The summed E-state index contributed by atoms with van der Waals surface area (Å²) in [5.41, 5.74) is -0.269. The lowest BCUT2D eigenvalue weighted by molar-refractivity contribution is -0.384. The van der Waals surface area contributed by atoms with E-state index in [1.54, 1.807) is 0 Å². The lowest BCUT2D eigenvalue weighted by Crippen LogP contribution is -2.25. The number of anilines is 1. The van der Waals surface area contributed by atoms with E-state index in [-0.39, 0.29) is 35.7 Å². The molecule has 1 aromatic carbocycles. The second-order valence-electron chi connectivity index (χ2n) is 4.18. The molecule has 0 aliphatic carbocycles. The largest absolute Gasteiger partial charge is 0.465 e. The van der Waals surface area contributed by atoms with E-state index in [1.807, 2.05) is 0 Å². The number of nitro benzene ring substituents is 1. The van der Waals surface area contributed by atoms with E-state index >= 15 is 0 Å².